The molecule has 4 heteroatoms. The van der Waals surface area contributed by atoms with Gasteiger partial charge in [0, 0.05) is 22.4 Å². The molecule has 3 aromatic carbocycles. The van der Waals surface area contributed by atoms with Crippen molar-refractivity contribution < 1.29 is 0 Å². The zero-order chi connectivity index (χ0) is 25.1. The second-order valence-electron chi connectivity index (χ2n) is 10.6. The highest BCUT2D eigenvalue weighted by Gasteiger charge is 2.16. The van der Waals surface area contributed by atoms with Crippen LogP contribution in [0.25, 0.3) is 60.7 Å². The van der Waals surface area contributed by atoms with Gasteiger partial charge in [0.2, 0.25) is 0 Å². The average Bonchev–Trinajstić information content (AvgIpc) is 3.31. The van der Waals surface area contributed by atoms with Gasteiger partial charge in [-0.1, -0.05) is 81.4 Å². The maximum atomic E-state index is 5.15. The fourth-order valence-electron chi connectivity index (χ4n) is 5.24. The zero-order valence-electron chi connectivity index (χ0n) is 21.1. The molecule has 178 valence electrons. The van der Waals surface area contributed by atoms with Crippen LogP contribution in [0.1, 0.15) is 26.3 Å². The molecule has 0 aliphatic carbocycles. The Hall–Kier alpha value is -4.57. The van der Waals surface area contributed by atoms with Crippen LogP contribution in [-0.4, -0.2) is 19.6 Å². The van der Waals surface area contributed by atoms with E-state index < -0.39 is 0 Å². The Morgan fingerprint density at radius 1 is 0.703 bits per heavy atom. The highest BCUT2D eigenvalue weighted by molar-refractivity contribution is 6.10. The Balaban J connectivity index is 1.44. The first kappa shape index (κ1) is 21.7. The molecule has 7 aromatic rings. The van der Waals surface area contributed by atoms with Gasteiger partial charge < -0.3 is 0 Å². The molecular weight excluding hydrogens is 452 g/mol. The molecule has 0 aliphatic rings. The number of benzene rings is 3. The summed E-state index contributed by atoms with van der Waals surface area (Å²) in [7, 11) is 0. The van der Waals surface area contributed by atoms with Crippen molar-refractivity contribution in [3.63, 3.8) is 0 Å². The van der Waals surface area contributed by atoms with E-state index in [-0.39, 0.29) is 5.41 Å². The van der Waals surface area contributed by atoms with Crippen molar-refractivity contribution >= 4 is 38.2 Å². The first-order chi connectivity index (χ1) is 18.0. The van der Waals surface area contributed by atoms with Gasteiger partial charge in [0.15, 0.2) is 0 Å². The predicted molar refractivity (Wildman–Crippen MR) is 153 cm³/mol. The van der Waals surface area contributed by atoms with Crippen LogP contribution in [0.3, 0.4) is 0 Å². The lowest BCUT2D eigenvalue weighted by molar-refractivity contribution is 0.590. The lowest BCUT2D eigenvalue weighted by Crippen LogP contribution is -2.10. The van der Waals surface area contributed by atoms with Crippen LogP contribution >= 0.6 is 0 Å². The molecule has 0 bridgehead atoms. The molecule has 0 saturated heterocycles. The van der Waals surface area contributed by atoms with E-state index in [1.807, 2.05) is 28.9 Å². The SMILES string of the molecule is CC(C)(C)c1ccc(-c2cc3ccc(-c4cccc5c6ccccc6nn45)nc3c3ncccc23)cc1. The highest BCUT2D eigenvalue weighted by atomic mass is 15.2. The van der Waals surface area contributed by atoms with Gasteiger partial charge in [-0.05, 0) is 58.5 Å². The summed E-state index contributed by atoms with van der Waals surface area (Å²) >= 11 is 0. The Morgan fingerprint density at radius 3 is 2.35 bits per heavy atom. The van der Waals surface area contributed by atoms with E-state index in [0.29, 0.717) is 0 Å². The lowest BCUT2D eigenvalue weighted by atomic mass is 9.86. The van der Waals surface area contributed by atoms with Crippen molar-refractivity contribution in [2.45, 2.75) is 26.2 Å². The van der Waals surface area contributed by atoms with E-state index in [9.17, 15) is 0 Å². The van der Waals surface area contributed by atoms with Crippen LogP contribution in [0, 0.1) is 0 Å². The first-order valence-electron chi connectivity index (χ1n) is 12.6. The van der Waals surface area contributed by atoms with Gasteiger partial charge in [-0.25, -0.2) is 9.50 Å². The molecule has 4 heterocycles. The molecule has 0 fully saturated rings. The van der Waals surface area contributed by atoms with Crippen LogP contribution in [0.2, 0.25) is 0 Å². The number of nitrogens with zero attached hydrogens (tertiary/aromatic N) is 4. The number of pyridine rings is 3. The summed E-state index contributed by atoms with van der Waals surface area (Å²) in [5.41, 5.74) is 9.50. The predicted octanol–water partition coefficient (Wildman–Crippen LogP) is 8.22. The molecule has 0 unspecified atom stereocenters. The van der Waals surface area contributed by atoms with Crippen LogP contribution in [0.5, 0.6) is 0 Å². The van der Waals surface area contributed by atoms with Gasteiger partial charge in [-0.3, -0.25) is 4.98 Å². The van der Waals surface area contributed by atoms with Crippen molar-refractivity contribution in [1.82, 2.24) is 19.6 Å². The summed E-state index contributed by atoms with van der Waals surface area (Å²) < 4.78 is 2.00. The summed E-state index contributed by atoms with van der Waals surface area (Å²) in [6.45, 7) is 6.73. The van der Waals surface area contributed by atoms with Gasteiger partial charge in [-0.2, -0.15) is 5.10 Å². The van der Waals surface area contributed by atoms with E-state index in [1.165, 1.54) is 16.7 Å². The zero-order valence-corrected chi connectivity index (χ0v) is 21.1. The van der Waals surface area contributed by atoms with Crippen molar-refractivity contribution in [1.29, 1.82) is 0 Å². The summed E-state index contributed by atoms with van der Waals surface area (Å²) in [5, 5.41) is 8.19. The number of hydrogen-bond donors (Lipinski definition) is 0. The number of hydrogen-bond acceptors (Lipinski definition) is 3. The third-order valence-corrected chi connectivity index (χ3v) is 7.23. The van der Waals surface area contributed by atoms with E-state index >= 15 is 0 Å². The van der Waals surface area contributed by atoms with Gasteiger partial charge in [0.1, 0.15) is 0 Å². The van der Waals surface area contributed by atoms with E-state index in [1.54, 1.807) is 0 Å². The molecule has 0 atom stereocenters. The molecule has 4 nitrogen and oxygen atoms in total. The van der Waals surface area contributed by atoms with Crippen LogP contribution in [0.4, 0.5) is 0 Å². The molecule has 0 N–H and O–H groups in total. The number of fused-ring (bicyclic) bond motifs is 6. The molecule has 0 aliphatic heterocycles. The fraction of sp³-hybridized carbons (Fsp3) is 0.121. The largest absolute Gasteiger partial charge is 0.254 e. The minimum absolute atomic E-state index is 0.120. The maximum absolute atomic E-state index is 5.15. The second-order valence-corrected chi connectivity index (χ2v) is 10.6. The molecular formula is C33H26N4. The second kappa shape index (κ2) is 7.97. The Morgan fingerprint density at radius 2 is 1.51 bits per heavy atom. The fourth-order valence-corrected chi connectivity index (χ4v) is 5.24. The molecule has 0 radical (unpaired) electrons. The van der Waals surface area contributed by atoms with E-state index in [4.69, 9.17) is 15.1 Å². The molecule has 0 amide bonds. The number of rotatable bonds is 2. The number of aromatic nitrogens is 4. The average molecular weight is 479 g/mol. The molecule has 0 spiro atoms. The standard InChI is InChI=1S/C33H26N4/c1-33(2,3)23-16-13-21(14-17-23)26-20-22-15-18-28(35-31(22)32-24(26)9-7-19-34-32)30-12-6-11-29-25-8-4-5-10-27(25)36-37(29)30/h4-20H,1-3H3. The minimum Gasteiger partial charge on any atom is -0.254 e. The van der Waals surface area contributed by atoms with Crippen molar-refractivity contribution in [3.8, 4) is 22.5 Å². The lowest BCUT2D eigenvalue weighted by Gasteiger charge is -2.19. The molecule has 4 aromatic heterocycles. The topological polar surface area (TPSA) is 43.1 Å². The molecule has 7 rings (SSSR count). The summed E-state index contributed by atoms with van der Waals surface area (Å²) in [5.74, 6) is 0. The smallest absolute Gasteiger partial charge is 0.0973 e. The van der Waals surface area contributed by atoms with Gasteiger partial charge in [0.25, 0.3) is 0 Å². The van der Waals surface area contributed by atoms with Crippen molar-refractivity contribution in [3.05, 3.63) is 109 Å². The van der Waals surface area contributed by atoms with E-state index in [2.05, 4.69) is 99.6 Å². The summed E-state index contributed by atoms with van der Waals surface area (Å²) in [4.78, 5) is 9.95. The van der Waals surface area contributed by atoms with E-state index in [0.717, 1.165) is 49.6 Å². The quantitative estimate of drug-likeness (QED) is 0.235. The molecule has 37 heavy (non-hydrogen) atoms. The van der Waals surface area contributed by atoms with Gasteiger partial charge >= 0.3 is 0 Å². The maximum Gasteiger partial charge on any atom is 0.0973 e. The third kappa shape index (κ3) is 3.48. The normalized spacial score (nSPS) is 12.2. The van der Waals surface area contributed by atoms with Crippen LogP contribution in [-0.2, 0) is 5.41 Å². The minimum atomic E-state index is 0.120. The highest BCUT2D eigenvalue weighted by Crippen LogP contribution is 2.35. The van der Waals surface area contributed by atoms with Gasteiger partial charge in [0.05, 0.1) is 33.5 Å². The summed E-state index contributed by atoms with van der Waals surface area (Å²) in [6.07, 6.45) is 1.85. The van der Waals surface area contributed by atoms with Crippen molar-refractivity contribution in [2.75, 3.05) is 0 Å². The van der Waals surface area contributed by atoms with Crippen LogP contribution in [0.15, 0.2) is 103 Å². The Labute approximate surface area is 215 Å². The Bertz CT molecular complexity index is 1960. The molecule has 0 saturated carbocycles. The van der Waals surface area contributed by atoms with Crippen molar-refractivity contribution in [2.24, 2.45) is 0 Å². The van der Waals surface area contributed by atoms with Crippen LogP contribution < -0.4 is 0 Å². The van der Waals surface area contributed by atoms with Gasteiger partial charge in [-0.15, -0.1) is 0 Å². The third-order valence-electron chi connectivity index (χ3n) is 7.23. The Kier molecular flexibility index (Phi) is 4.67. The summed E-state index contributed by atoms with van der Waals surface area (Å²) in [6, 6.07) is 34.0. The monoisotopic (exact) mass is 478 g/mol. The first-order valence-corrected chi connectivity index (χ1v) is 12.6.